The number of nitrogens with one attached hydrogen (secondary N) is 2. The molecule has 0 saturated heterocycles. The average molecular weight is 332 g/mol. The van der Waals surface area contributed by atoms with Crippen LogP contribution in [0.2, 0.25) is 0 Å². The molecule has 2 aromatic rings. The van der Waals surface area contributed by atoms with Crippen molar-refractivity contribution in [3.63, 3.8) is 0 Å². The minimum absolute atomic E-state index is 0.0780. The van der Waals surface area contributed by atoms with E-state index < -0.39 is 17.9 Å². The summed E-state index contributed by atoms with van der Waals surface area (Å²) in [4.78, 5) is 25.4. The van der Waals surface area contributed by atoms with Crippen LogP contribution in [0.1, 0.15) is 17.4 Å². The van der Waals surface area contributed by atoms with E-state index in [0.717, 1.165) is 5.69 Å². The summed E-state index contributed by atoms with van der Waals surface area (Å²) >= 11 is 0. The first-order valence-electron chi connectivity index (χ1n) is 7.34. The van der Waals surface area contributed by atoms with Gasteiger partial charge in [0.2, 0.25) is 0 Å². The lowest BCUT2D eigenvalue weighted by Gasteiger charge is -2.15. The molecule has 0 aliphatic carbocycles. The molecule has 8 heteroatoms. The monoisotopic (exact) mass is 332 g/mol. The lowest BCUT2D eigenvalue weighted by molar-refractivity contribution is -0.136. The normalized spacial score (nSPS) is 11.7. The average Bonchev–Trinajstić information content (AvgIpc) is 2.97. The van der Waals surface area contributed by atoms with Gasteiger partial charge in [0.25, 0.3) is 0 Å². The van der Waals surface area contributed by atoms with Crippen LogP contribution < -0.4 is 15.5 Å². The fourth-order valence-corrected chi connectivity index (χ4v) is 1.98. The molecule has 0 fully saturated rings. The lowest BCUT2D eigenvalue weighted by atomic mass is 10.1. The van der Waals surface area contributed by atoms with Crippen molar-refractivity contribution in [2.75, 3.05) is 30.9 Å². The summed E-state index contributed by atoms with van der Waals surface area (Å²) in [7, 11) is 3.83. The number of carbonyl (C=O) groups excluding carboxylic acids is 2. The van der Waals surface area contributed by atoms with Crippen LogP contribution in [0, 0.1) is 6.92 Å². The van der Waals surface area contributed by atoms with Crippen LogP contribution in [-0.4, -0.2) is 42.7 Å². The summed E-state index contributed by atoms with van der Waals surface area (Å²) < 4.78 is 4.79. The second kappa shape index (κ2) is 7.60. The van der Waals surface area contributed by atoms with E-state index in [1.54, 1.807) is 19.1 Å². The zero-order valence-electron chi connectivity index (χ0n) is 13.7. The minimum Gasteiger partial charge on any atom is -0.387 e. The number of aryl methyl sites for hydroxylation is 1. The van der Waals surface area contributed by atoms with Gasteiger partial charge in [-0.2, -0.15) is 0 Å². The summed E-state index contributed by atoms with van der Waals surface area (Å²) in [6.45, 7) is 1.59. The van der Waals surface area contributed by atoms with E-state index in [1.807, 2.05) is 31.1 Å². The molecule has 1 aromatic heterocycles. The van der Waals surface area contributed by atoms with Crippen molar-refractivity contribution in [1.82, 2.24) is 10.5 Å². The Morgan fingerprint density at radius 2 is 1.92 bits per heavy atom. The van der Waals surface area contributed by atoms with Crippen molar-refractivity contribution in [2.24, 2.45) is 0 Å². The standard InChI is InChI=1S/C16H20N4O4/c1-10-8-14(19-24-10)18-16(23)15(22)17-9-13(21)11-4-6-12(7-5-11)20(2)3/h4-8,13,21H,9H2,1-3H3,(H,17,22)(H,18,19,23). The lowest BCUT2D eigenvalue weighted by Crippen LogP contribution is -2.37. The highest BCUT2D eigenvalue weighted by Gasteiger charge is 2.17. The molecule has 128 valence electrons. The molecule has 0 bridgehead atoms. The third-order valence-electron chi connectivity index (χ3n) is 3.33. The van der Waals surface area contributed by atoms with Crippen molar-refractivity contribution < 1.29 is 19.2 Å². The maximum atomic E-state index is 11.7. The van der Waals surface area contributed by atoms with Crippen LogP contribution in [0.15, 0.2) is 34.9 Å². The van der Waals surface area contributed by atoms with E-state index >= 15 is 0 Å². The molecule has 8 nitrogen and oxygen atoms in total. The van der Waals surface area contributed by atoms with Crippen molar-refractivity contribution >= 4 is 23.3 Å². The molecule has 2 amide bonds. The summed E-state index contributed by atoms with van der Waals surface area (Å²) in [5.74, 6) is -1.06. The predicted octanol–water partition coefficient (Wildman–Crippen LogP) is 0.837. The molecule has 1 atom stereocenters. The number of carbonyl (C=O) groups is 2. The molecular formula is C16H20N4O4. The second-order valence-electron chi connectivity index (χ2n) is 5.49. The van der Waals surface area contributed by atoms with Gasteiger partial charge in [0.15, 0.2) is 5.82 Å². The second-order valence-corrected chi connectivity index (χ2v) is 5.49. The van der Waals surface area contributed by atoms with Crippen LogP contribution in [0.4, 0.5) is 11.5 Å². The first-order chi connectivity index (χ1) is 11.4. The number of anilines is 2. The van der Waals surface area contributed by atoms with Crippen molar-refractivity contribution in [3.8, 4) is 0 Å². The number of nitrogens with zero attached hydrogens (tertiary/aromatic N) is 2. The number of amides is 2. The summed E-state index contributed by atoms with van der Waals surface area (Å²) in [5, 5.41) is 18.3. The van der Waals surface area contributed by atoms with E-state index in [-0.39, 0.29) is 12.4 Å². The van der Waals surface area contributed by atoms with E-state index in [9.17, 15) is 14.7 Å². The highest BCUT2D eigenvalue weighted by molar-refractivity contribution is 6.39. The Hall–Kier alpha value is -2.87. The number of rotatable bonds is 5. The van der Waals surface area contributed by atoms with Gasteiger partial charge in [-0.15, -0.1) is 0 Å². The molecule has 0 saturated carbocycles. The Morgan fingerprint density at radius 3 is 2.46 bits per heavy atom. The van der Waals surface area contributed by atoms with Crippen LogP contribution in [0.3, 0.4) is 0 Å². The molecule has 0 aliphatic heterocycles. The maximum absolute atomic E-state index is 11.7. The van der Waals surface area contributed by atoms with Crippen LogP contribution in [0.25, 0.3) is 0 Å². The predicted molar refractivity (Wildman–Crippen MR) is 88.6 cm³/mol. The Balaban J connectivity index is 1.85. The largest absolute Gasteiger partial charge is 0.387 e. The fraction of sp³-hybridized carbons (Fsp3) is 0.312. The van der Waals surface area contributed by atoms with Crippen LogP contribution in [0.5, 0.6) is 0 Å². The van der Waals surface area contributed by atoms with E-state index in [0.29, 0.717) is 11.3 Å². The SMILES string of the molecule is Cc1cc(NC(=O)C(=O)NCC(O)c2ccc(N(C)C)cc2)no1. The van der Waals surface area contributed by atoms with Gasteiger partial charge in [-0.1, -0.05) is 17.3 Å². The summed E-state index contributed by atoms with van der Waals surface area (Å²) in [6.07, 6.45) is -0.910. The van der Waals surface area contributed by atoms with Gasteiger partial charge in [0, 0.05) is 32.4 Å². The van der Waals surface area contributed by atoms with Gasteiger partial charge in [-0.25, -0.2) is 0 Å². The molecule has 1 heterocycles. The summed E-state index contributed by atoms with van der Waals surface area (Å²) in [6, 6.07) is 8.75. The molecule has 3 N–H and O–H groups in total. The van der Waals surface area contributed by atoms with Gasteiger partial charge in [-0.3, -0.25) is 14.9 Å². The molecule has 0 aliphatic rings. The van der Waals surface area contributed by atoms with E-state index in [2.05, 4.69) is 15.8 Å². The Bertz CT molecular complexity index is 709. The van der Waals surface area contributed by atoms with Gasteiger partial charge in [-0.05, 0) is 24.6 Å². The number of hydrogen-bond donors (Lipinski definition) is 3. The molecule has 0 radical (unpaired) electrons. The number of aliphatic hydroxyl groups excluding tert-OH is 1. The van der Waals surface area contributed by atoms with E-state index in [1.165, 1.54) is 6.07 Å². The highest BCUT2D eigenvalue weighted by atomic mass is 16.5. The molecule has 0 spiro atoms. The number of aromatic nitrogens is 1. The van der Waals surface area contributed by atoms with Gasteiger partial charge >= 0.3 is 11.8 Å². The number of aliphatic hydroxyl groups is 1. The van der Waals surface area contributed by atoms with Gasteiger partial charge < -0.3 is 19.8 Å². The van der Waals surface area contributed by atoms with E-state index in [4.69, 9.17) is 4.52 Å². The number of benzene rings is 1. The zero-order valence-corrected chi connectivity index (χ0v) is 13.7. The first kappa shape index (κ1) is 17.5. The fourth-order valence-electron chi connectivity index (χ4n) is 1.98. The minimum atomic E-state index is -0.910. The Labute approximate surface area is 139 Å². The molecular weight excluding hydrogens is 312 g/mol. The molecule has 1 unspecified atom stereocenters. The van der Waals surface area contributed by atoms with Crippen molar-refractivity contribution in [3.05, 3.63) is 41.7 Å². The third-order valence-corrected chi connectivity index (χ3v) is 3.33. The summed E-state index contributed by atoms with van der Waals surface area (Å²) in [5.41, 5.74) is 1.64. The smallest absolute Gasteiger partial charge is 0.314 e. The van der Waals surface area contributed by atoms with Gasteiger partial charge in [0.1, 0.15) is 5.76 Å². The molecule has 2 rings (SSSR count). The van der Waals surface area contributed by atoms with Crippen molar-refractivity contribution in [2.45, 2.75) is 13.0 Å². The maximum Gasteiger partial charge on any atom is 0.314 e. The van der Waals surface area contributed by atoms with Crippen molar-refractivity contribution in [1.29, 1.82) is 0 Å². The Kier molecular flexibility index (Phi) is 5.54. The van der Waals surface area contributed by atoms with Crippen LogP contribution >= 0.6 is 0 Å². The quantitative estimate of drug-likeness (QED) is 0.700. The first-order valence-corrected chi connectivity index (χ1v) is 7.34. The molecule has 1 aromatic carbocycles. The Morgan fingerprint density at radius 1 is 1.25 bits per heavy atom. The van der Waals surface area contributed by atoms with Crippen LogP contribution in [-0.2, 0) is 9.59 Å². The topological polar surface area (TPSA) is 108 Å². The highest BCUT2D eigenvalue weighted by Crippen LogP contribution is 2.17. The zero-order chi connectivity index (χ0) is 17.7. The van der Waals surface area contributed by atoms with Gasteiger partial charge in [0.05, 0.1) is 6.10 Å². The molecule has 24 heavy (non-hydrogen) atoms. The number of hydrogen-bond acceptors (Lipinski definition) is 6. The third kappa shape index (κ3) is 4.56.